The second-order valence-corrected chi connectivity index (χ2v) is 7.00. The fourth-order valence-corrected chi connectivity index (χ4v) is 3.39. The first-order chi connectivity index (χ1) is 12.0. The minimum absolute atomic E-state index is 0.159. The Morgan fingerprint density at radius 1 is 1.28 bits per heavy atom. The molecule has 9 heteroatoms. The molecule has 3 N–H and O–H groups in total. The van der Waals surface area contributed by atoms with Gasteiger partial charge in [0.05, 0.1) is 5.56 Å². The van der Waals surface area contributed by atoms with Crippen molar-refractivity contribution in [3.63, 3.8) is 0 Å². The average Bonchev–Trinajstić information content (AvgIpc) is 2.57. The van der Waals surface area contributed by atoms with E-state index in [1.165, 1.54) is 12.4 Å². The topological polar surface area (TPSA) is 82.1 Å². The number of anilines is 2. The number of hydrogen-bond donors (Lipinski definition) is 2. The molecule has 2 heterocycles. The highest BCUT2D eigenvalue weighted by Gasteiger charge is 2.23. The summed E-state index contributed by atoms with van der Waals surface area (Å²) in [6, 6.07) is 4.76. The van der Waals surface area contributed by atoms with Crippen LogP contribution in [-0.2, 0) is 6.54 Å². The van der Waals surface area contributed by atoms with Crippen LogP contribution in [0.2, 0.25) is 5.02 Å². The largest absolute Gasteiger partial charge is 0.383 e. The highest BCUT2D eigenvalue weighted by Crippen LogP contribution is 2.25. The molecule has 2 aromatic rings. The van der Waals surface area contributed by atoms with Gasteiger partial charge in [0.1, 0.15) is 28.4 Å². The van der Waals surface area contributed by atoms with Gasteiger partial charge in [-0.05, 0) is 28.1 Å². The summed E-state index contributed by atoms with van der Waals surface area (Å²) in [4.78, 5) is 12.5. The molecule has 6 nitrogen and oxygen atoms in total. The van der Waals surface area contributed by atoms with Crippen LogP contribution in [0.15, 0.2) is 24.5 Å². The molecule has 0 aliphatic carbocycles. The SMILES string of the molecule is N=C(Br)c1c(N)ncnc1N1CCN(Cc2ccc(Cl)cc2F)CC1. The molecule has 132 valence electrons. The zero-order chi connectivity index (χ0) is 18.0. The molecule has 25 heavy (non-hydrogen) atoms. The number of piperazine rings is 1. The molecule has 1 aromatic heterocycles. The molecule has 1 aliphatic rings. The molecule has 1 saturated heterocycles. The van der Waals surface area contributed by atoms with Crippen LogP contribution in [0.25, 0.3) is 0 Å². The van der Waals surface area contributed by atoms with Crippen LogP contribution in [0.4, 0.5) is 16.0 Å². The van der Waals surface area contributed by atoms with Gasteiger partial charge < -0.3 is 10.6 Å². The fourth-order valence-electron chi connectivity index (χ4n) is 2.85. The number of nitrogen functional groups attached to an aromatic ring is 1. The predicted octanol–water partition coefficient (Wildman–Crippen LogP) is 2.89. The smallest absolute Gasteiger partial charge is 0.144 e. The normalized spacial score (nSPS) is 15.4. The Balaban J connectivity index is 1.68. The van der Waals surface area contributed by atoms with E-state index >= 15 is 0 Å². The number of aromatic nitrogens is 2. The molecule has 0 radical (unpaired) electrons. The second kappa shape index (κ2) is 7.63. The maximum Gasteiger partial charge on any atom is 0.144 e. The maximum atomic E-state index is 14.0. The van der Waals surface area contributed by atoms with E-state index in [0.29, 0.717) is 41.6 Å². The van der Waals surface area contributed by atoms with E-state index < -0.39 is 0 Å². The quantitative estimate of drug-likeness (QED) is 0.733. The number of halogens is 3. The van der Waals surface area contributed by atoms with Gasteiger partial charge in [0.15, 0.2) is 0 Å². The van der Waals surface area contributed by atoms with Crippen LogP contribution in [-0.4, -0.2) is 45.7 Å². The first-order valence-electron chi connectivity index (χ1n) is 7.72. The van der Waals surface area contributed by atoms with Gasteiger partial charge in [-0.15, -0.1) is 0 Å². The first-order valence-corrected chi connectivity index (χ1v) is 8.89. The summed E-state index contributed by atoms with van der Waals surface area (Å²) < 4.78 is 14.1. The van der Waals surface area contributed by atoms with Crippen LogP contribution < -0.4 is 10.6 Å². The standard InChI is InChI=1S/C16H17BrClFN6/c17-14(20)13-15(21)22-9-23-16(13)25-5-3-24(4-6-25)8-10-1-2-11(18)7-12(10)19/h1-2,7,9,20H,3-6,8H2,(H2,21,22,23). The van der Waals surface area contributed by atoms with Crippen molar-refractivity contribution in [1.82, 2.24) is 14.9 Å². The molecule has 0 atom stereocenters. The Hall–Kier alpha value is -1.77. The van der Waals surface area contributed by atoms with E-state index in [1.807, 2.05) is 0 Å². The van der Waals surface area contributed by atoms with Gasteiger partial charge >= 0.3 is 0 Å². The van der Waals surface area contributed by atoms with Crippen molar-refractivity contribution in [2.75, 3.05) is 36.8 Å². The van der Waals surface area contributed by atoms with Gasteiger partial charge in [-0.2, -0.15) is 0 Å². The number of hydrogen-bond acceptors (Lipinski definition) is 6. The minimum Gasteiger partial charge on any atom is -0.383 e. The number of nitrogens with zero attached hydrogens (tertiary/aromatic N) is 4. The average molecular weight is 428 g/mol. The lowest BCUT2D eigenvalue weighted by atomic mass is 10.1. The third-order valence-electron chi connectivity index (χ3n) is 4.16. The van der Waals surface area contributed by atoms with Crippen molar-refractivity contribution in [3.8, 4) is 0 Å². The van der Waals surface area contributed by atoms with Gasteiger partial charge in [0.25, 0.3) is 0 Å². The molecule has 0 amide bonds. The molecule has 1 aliphatic heterocycles. The summed E-state index contributed by atoms with van der Waals surface area (Å²) in [5, 5.41) is 8.23. The highest BCUT2D eigenvalue weighted by atomic mass is 79.9. The van der Waals surface area contributed by atoms with Gasteiger partial charge in [0.2, 0.25) is 0 Å². The number of nitrogens with two attached hydrogens (primary N) is 1. The van der Waals surface area contributed by atoms with Crippen LogP contribution in [0.3, 0.4) is 0 Å². The van der Waals surface area contributed by atoms with E-state index in [-0.39, 0.29) is 16.3 Å². The van der Waals surface area contributed by atoms with E-state index in [9.17, 15) is 4.39 Å². The molecule has 0 saturated carbocycles. The second-order valence-electron chi connectivity index (χ2n) is 5.77. The van der Waals surface area contributed by atoms with E-state index in [1.54, 1.807) is 12.1 Å². The lowest BCUT2D eigenvalue weighted by Gasteiger charge is -2.36. The van der Waals surface area contributed by atoms with Crippen LogP contribution in [0.5, 0.6) is 0 Å². The molecule has 1 aromatic carbocycles. The molecule has 1 fully saturated rings. The number of nitrogens with one attached hydrogen (secondary N) is 1. The van der Waals surface area contributed by atoms with E-state index in [2.05, 4.69) is 35.7 Å². The Bertz CT molecular complexity index is 794. The number of benzene rings is 1. The van der Waals surface area contributed by atoms with E-state index in [4.69, 9.17) is 22.7 Å². The van der Waals surface area contributed by atoms with Gasteiger partial charge in [0, 0.05) is 43.3 Å². The van der Waals surface area contributed by atoms with E-state index in [0.717, 1.165) is 13.1 Å². The van der Waals surface area contributed by atoms with Crippen LogP contribution in [0.1, 0.15) is 11.1 Å². The Morgan fingerprint density at radius 2 is 2.00 bits per heavy atom. The summed E-state index contributed by atoms with van der Waals surface area (Å²) in [5.74, 6) is 0.637. The van der Waals surface area contributed by atoms with Crippen molar-refractivity contribution in [3.05, 3.63) is 46.5 Å². The van der Waals surface area contributed by atoms with Crippen molar-refractivity contribution in [1.29, 1.82) is 5.41 Å². The van der Waals surface area contributed by atoms with Gasteiger partial charge in [-0.3, -0.25) is 10.3 Å². The lowest BCUT2D eigenvalue weighted by molar-refractivity contribution is 0.246. The van der Waals surface area contributed by atoms with Crippen molar-refractivity contribution in [2.45, 2.75) is 6.54 Å². The molecule has 3 rings (SSSR count). The zero-order valence-electron chi connectivity index (χ0n) is 13.3. The Kier molecular flexibility index (Phi) is 5.51. The maximum absolute atomic E-state index is 14.0. The van der Waals surface area contributed by atoms with Gasteiger partial charge in [-0.1, -0.05) is 17.7 Å². The summed E-state index contributed by atoms with van der Waals surface area (Å²) >= 11 is 8.95. The summed E-state index contributed by atoms with van der Waals surface area (Å²) in [7, 11) is 0. The highest BCUT2D eigenvalue weighted by molar-refractivity contribution is 9.18. The number of rotatable bonds is 4. The summed E-state index contributed by atoms with van der Waals surface area (Å²) in [6.07, 6.45) is 1.40. The first kappa shape index (κ1) is 18.0. The monoisotopic (exact) mass is 426 g/mol. The molecule has 0 spiro atoms. The van der Waals surface area contributed by atoms with Gasteiger partial charge in [-0.25, -0.2) is 14.4 Å². The zero-order valence-corrected chi connectivity index (χ0v) is 15.7. The van der Waals surface area contributed by atoms with Crippen molar-refractivity contribution >= 4 is 43.8 Å². The minimum atomic E-state index is -0.284. The third-order valence-corrected chi connectivity index (χ3v) is 4.79. The summed E-state index contributed by atoms with van der Waals surface area (Å²) in [5.41, 5.74) is 7.01. The van der Waals surface area contributed by atoms with Crippen molar-refractivity contribution < 1.29 is 4.39 Å². The Labute approximate surface area is 158 Å². The van der Waals surface area contributed by atoms with Crippen LogP contribution >= 0.6 is 27.5 Å². The molecule has 0 bridgehead atoms. The lowest BCUT2D eigenvalue weighted by Crippen LogP contribution is -2.46. The molecule has 0 unspecified atom stereocenters. The predicted molar refractivity (Wildman–Crippen MR) is 101 cm³/mol. The Morgan fingerprint density at radius 3 is 2.64 bits per heavy atom. The van der Waals surface area contributed by atoms with Crippen LogP contribution in [0, 0.1) is 11.2 Å². The molecular formula is C16H17BrClFN6. The summed E-state index contributed by atoms with van der Waals surface area (Å²) in [6.45, 7) is 3.45. The fraction of sp³-hybridized carbons (Fsp3) is 0.312. The molecular weight excluding hydrogens is 411 g/mol. The van der Waals surface area contributed by atoms with Crippen molar-refractivity contribution in [2.24, 2.45) is 0 Å². The third kappa shape index (κ3) is 4.08.